The summed E-state index contributed by atoms with van der Waals surface area (Å²) in [5.41, 5.74) is -2.02. The van der Waals surface area contributed by atoms with E-state index in [1.54, 1.807) is 0 Å². The van der Waals surface area contributed by atoms with Gasteiger partial charge in [0, 0.05) is 18.8 Å². The van der Waals surface area contributed by atoms with Gasteiger partial charge in [-0.3, -0.25) is 4.98 Å². The molecule has 2 aromatic heterocycles. The van der Waals surface area contributed by atoms with Crippen LogP contribution in [-0.4, -0.2) is 38.5 Å². The van der Waals surface area contributed by atoms with Crippen LogP contribution >= 0.6 is 0 Å². The van der Waals surface area contributed by atoms with Crippen molar-refractivity contribution in [2.75, 3.05) is 6.61 Å². The highest BCUT2D eigenvalue weighted by Crippen LogP contribution is 2.50. The van der Waals surface area contributed by atoms with Crippen molar-refractivity contribution in [1.82, 2.24) is 19.6 Å². The Hall–Kier alpha value is -3.12. The van der Waals surface area contributed by atoms with Crippen LogP contribution in [0.3, 0.4) is 0 Å². The zero-order chi connectivity index (χ0) is 21.8. The Morgan fingerprint density at radius 1 is 1.20 bits per heavy atom. The molecule has 1 fully saturated rings. The Morgan fingerprint density at radius 3 is 2.40 bits per heavy atom. The smallest absolute Gasteiger partial charge is 0.352 e. The molecule has 30 heavy (non-hydrogen) atoms. The van der Waals surface area contributed by atoms with Crippen LogP contribution < -0.4 is 10.4 Å². The lowest BCUT2D eigenvalue weighted by atomic mass is 9.77. The van der Waals surface area contributed by atoms with Crippen LogP contribution in [0.5, 0.6) is 6.01 Å². The number of H-pyrrole nitrogens is 1. The van der Waals surface area contributed by atoms with E-state index in [0.717, 1.165) is 0 Å². The Labute approximate surface area is 162 Å². The molecule has 4 rings (SSSR count). The average molecular weight is 436 g/mol. The summed E-state index contributed by atoms with van der Waals surface area (Å²) in [4.78, 5) is 18.1. The predicted octanol–water partition coefficient (Wildman–Crippen LogP) is 3.66. The highest BCUT2D eigenvalue weighted by molar-refractivity contribution is 5.80. The van der Waals surface area contributed by atoms with Crippen LogP contribution in [0, 0.1) is 17.5 Å². The van der Waals surface area contributed by atoms with Gasteiger partial charge in [0.05, 0.1) is 11.3 Å². The third-order valence-corrected chi connectivity index (χ3v) is 4.60. The van der Waals surface area contributed by atoms with Crippen molar-refractivity contribution < 1.29 is 35.5 Å². The van der Waals surface area contributed by atoms with Crippen LogP contribution in [-0.2, 0) is 0 Å². The number of hydrogen-bond donors (Lipinski definition) is 1. The number of rotatable bonds is 5. The molecule has 0 aliphatic heterocycles. The fraction of sp³-hybridized carbons (Fsp3) is 0.353. The third kappa shape index (κ3) is 3.48. The molecule has 1 N–H and O–H groups in total. The summed E-state index contributed by atoms with van der Waals surface area (Å²) < 4.78 is 97.8. The van der Waals surface area contributed by atoms with Crippen molar-refractivity contribution >= 4 is 5.65 Å². The van der Waals surface area contributed by atoms with Gasteiger partial charge in [0.1, 0.15) is 0 Å². The summed E-state index contributed by atoms with van der Waals surface area (Å²) in [5, 5.41) is 3.93. The summed E-state index contributed by atoms with van der Waals surface area (Å²) in [6, 6.07) is 0.554. The molecule has 13 heteroatoms. The molecule has 1 aromatic carbocycles. The summed E-state index contributed by atoms with van der Waals surface area (Å²) >= 11 is 0. The Kier molecular flexibility index (Phi) is 4.70. The molecule has 0 atom stereocenters. The van der Waals surface area contributed by atoms with Crippen molar-refractivity contribution in [1.29, 1.82) is 0 Å². The van der Waals surface area contributed by atoms with Crippen LogP contribution in [0.1, 0.15) is 24.5 Å². The van der Waals surface area contributed by atoms with Gasteiger partial charge in [0.2, 0.25) is 5.92 Å². The molecule has 1 aliphatic carbocycles. The topological polar surface area (TPSA) is 72.3 Å². The predicted molar refractivity (Wildman–Crippen MR) is 87.3 cm³/mol. The van der Waals surface area contributed by atoms with E-state index in [4.69, 9.17) is 0 Å². The molecular weight excluding hydrogens is 425 g/mol. The maximum atomic E-state index is 13.8. The number of benzene rings is 1. The van der Waals surface area contributed by atoms with E-state index in [2.05, 4.69) is 14.8 Å². The number of alkyl halides is 4. The minimum Gasteiger partial charge on any atom is -0.459 e. The molecular formula is C17H11F7N4O2. The monoisotopic (exact) mass is 436 g/mol. The van der Waals surface area contributed by atoms with E-state index in [9.17, 15) is 35.5 Å². The number of halogens is 7. The highest BCUT2D eigenvalue weighted by atomic mass is 19.3. The second-order valence-corrected chi connectivity index (χ2v) is 6.76. The molecule has 0 unspecified atom stereocenters. The third-order valence-electron chi connectivity index (χ3n) is 4.60. The van der Waals surface area contributed by atoms with Crippen LogP contribution in [0.4, 0.5) is 30.7 Å². The summed E-state index contributed by atoms with van der Waals surface area (Å²) in [5.74, 6) is -8.74. The van der Waals surface area contributed by atoms with Crippen molar-refractivity contribution in [3.05, 3.63) is 45.8 Å². The van der Waals surface area contributed by atoms with Crippen LogP contribution in [0.25, 0.3) is 16.8 Å². The minimum absolute atomic E-state index is 0.115. The van der Waals surface area contributed by atoms with Gasteiger partial charge < -0.3 is 4.74 Å². The van der Waals surface area contributed by atoms with Gasteiger partial charge in [-0.1, -0.05) is 0 Å². The first-order valence-electron chi connectivity index (χ1n) is 8.52. The Bertz CT molecular complexity index is 1160. The molecule has 0 amide bonds. The van der Waals surface area contributed by atoms with E-state index in [0.29, 0.717) is 16.6 Å². The molecule has 1 saturated carbocycles. The largest absolute Gasteiger partial charge is 0.459 e. The van der Waals surface area contributed by atoms with Gasteiger partial charge in [0.25, 0.3) is 12.4 Å². The summed E-state index contributed by atoms with van der Waals surface area (Å²) in [6.45, 7) is -1.11. The molecule has 160 valence electrons. The number of nitrogens with zero attached hydrogens (tertiary/aromatic N) is 3. The number of ether oxygens (including phenoxy) is 1. The molecule has 0 bridgehead atoms. The molecule has 1 aliphatic rings. The van der Waals surface area contributed by atoms with E-state index < -0.39 is 66.9 Å². The molecule has 2 heterocycles. The van der Waals surface area contributed by atoms with Gasteiger partial charge in [-0.15, -0.1) is 0 Å². The first-order chi connectivity index (χ1) is 14.1. The average Bonchev–Trinajstić information content (AvgIpc) is 3.01. The van der Waals surface area contributed by atoms with Gasteiger partial charge >= 0.3 is 5.69 Å². The normalized spacial score (nSPS) is 16.3. The summed E-state index contributed by atoms with van der Waals surface area (Å²) in [7, 11) is 0. The first-order valence-corrected chi connectivity index (χ1v) is 8.52. The minimum atomic E-state index is -2.98. The molecule has 0 saturated heterocycles. The number of aromatic nitrogens is 4. The molecule has 0 spiro atoms. The number of aromatic amines is 1. The lowest BCUT2D eigenvalue weighted by Crippen LogP contribution is -2.34. The summed E-state index contributed by atoms with van der Waals surface area (Å²) in [6.07, 6.45) is -4.16. The molecule has 6 nitrogen and oxygen atoms in total. The lowest BCUT2D eigenvalue weighted by molar-refractivity contribution is -0.0875. The van der Waals surface area contributed by atoms with E-state index in [1.165, 1.54) is 0 Å². The number of hydrogen-bond acceptors (Lipinski definition) is 4. The van der Waals surface area contributed by atoms with Crippen LogP contribution in [0.15, 0.2) is 16.9 Å². The van der Waals surface area contributed by atoms with E-state index in [-0.39, 0.29) is 22.5 Å². The van der Waals surface area contributed by atoms with Gasteiger partial charge in [0.15, 0.2) is 29.7 Å². The molecule has 0 radical (unpaired) electrons. The second-order valence-electron chi connectivity index (χ2n) is 6.76. The number of fused-ring (bicyclic) bond motifs is 1. The number of nitrogens with one attached hydrogen (secondary N) is 1. The highest BCUT2D eigenvalue weighted by Gasteiger charge is 2.48. The van der Waals surface area contributed by atoms with Gasteiger partial charge in [-0.25, -0.2) is 35.5 Å². The van der Waals surface area contributed by atoms with Crippen molar-refractivity contribution in [3.63, 3.8) is 0 Å². The zero-order valence-corrected chi connectivity index (χ0v) is 14.7. The lowest BCUT2D eigenvalue weighted by Gasteiger charge is -2.34. The SMILES string of the molecule is O=c1[nH]c(OCC(F)F)nc2c(-c3cc(F)c(F)c(F)c3)c(C3CC(F)(F)C3)nn12. The first kappa shape index (κ1) is 20.2. The second kappa shape index (κ2) is 6.99. The van der Waals surface area contributed by atoms with Gasteiger partial charge in [-0.05, 0) is 17.7 Å². The fourth-order valence-electron chi connectivity index (χ4n) is 3.27. The van der Waals surface area contributed by atoms with E-state index in [1.807, 2.05) is 4.98 Å². The van der Waals surface area contributed by atoms with Crippen molar-refractivity contribution in [2.24, 2.45) is 0 Å². The van der Waals surface area contributed by atoms with Gasteiger partial charge in [-0.2, -0.15) is 14.6 Å². The maximum Gasteiger partial charge on any atom is 0.352 e. The Balaban J connectivity index is 1.93. The van der Waals surface area contributed by atoms with Crippen LogP contribution in [0.2, 0.25) is 0 Å². The fourth-order valence-corrected chi connectivity index (χ4v) is 3.27. The Morgan fingerprint density at radius 2 is 1.83 bits per heavy atom. The maximum absolute atomic E-state index is 13.8. The van der Waals surface area contributed by atoms with E-state index >= 15 is 0 Å². The molecule has 3 aromatic rings. The quantitative estimate of drug-likeness (QED) is 0.490. The van der Waals surface area contributed by atoms with Crippen molar-refractivity contribution in [3.8, 4) is 17.1 Å². The zero-order valence-electron chi connectivity index (χ0n) is 14.7. The standard InChI is InChI=1S/C17H11F7N4O2/c18-8-1-6(2-9(19)12(8)22)11-13(7-3-17(23,24)4-7)27-28-14(11)25-15(26-16(28)29)30-5-10(20)21/h1-2,7,10H,3-5H2,(H,25,26,29). The van der Waals surface area contributed by atoms with Crippen molar-refractivity contribution in [2.45, 2.75) is 31.1 Å².